The summed E-state index contributed by atoms with van der Waals surface area (Å²) in [6.45, 7) is 6.94. The van der Waals surface area contributed by atoms with Crippen LogP contribution in [-0.4, -0.2) is 18.5 Å². The van der Waals surface area contributed by atoms with E-state index in [1.165, 1.54) is 38.5 Å². The van der Waals surface area contributed by atoms with Gasteiger partial charge in [-0.3, -0.25) is 0 Å². The van der Waals surface area contributed by atoms with E-state index in [0.717, 1.165) is 0 Å². The van der Waals surface area contributed by atoms with E-state index >= 15 is 0 Å². The summed E-state index contributed by atoms with van der Waals surface area (Å²) in [5.41, 5.74) is 0. The zero-order valence-electron chi connectivity index (χ0n) is 10.9. The number of hydrogen-bond acceptors (Lipinski definition) is 0. The van der Waals surface area contributed by atoms with Gasteiger partial charge in [0.25, 0.3) is 0 Å². The maximum absolute atomic E-state index is 2.31. The van der Waals surface area contributed by atoms with Crippen molar-refractivity contribution in [1.29, 1.82) is 0 Å². The van der Waals surface area contributed by atoms with Crippen LogP contribution in [0.1, 0.15) is 59.3 Å². The van der Waals surface area contributed by atoms with Crippen molar-refractivity contribution in [3.63, 3.8) is 0 Å². The summed E-state index contributed by atoms with van der Waals surface area (Å²) in [5, 5.41) is 0. The predicted octanol–water partition coefficient (Wildman–Crippen LogP) is 6.64. The summed E-state index contributed by atoms with van der Waals surface area (Å²) in [5.74, 6) is 0. The Bertz CT molecular complexity index is 96.2. The van der Waals surface area contributed by atoms with Crippen molar-refractivity contribution in [2.75, 3.05) is 18.5 Å². The maximum atomic E-state index is 2.31. The third-order valence-corrected chi connectivity index (χ3v) is 5.33. The van der Waals surface area contributed by atoms with Crippen molar-refractivity contribution in [3.05, 3.63) is 0 Å². The molecule has 0 saturated heterocycles. The molecule has 0 bridgehead atoms. The average Bonchev–Trinajstić information content (AvgIpc) is 2.29. The first kappa shape index (κ1) is 20.7. The summed E-state index contributed by atoms with van der Waals surface area (Å²) in [4.78, 5) is 0. The standard InChI is InChI=1S/C12H27P.Cu.2HI/c1-4-7-10-13(11-8-5-2)12-9-6-3;;;/h4-12H2,1-3H3;;2*1H/q;+2;;/p-2. The van der Waals surface area contributed by atoms with Crippen LogP contribution >= 0.6 is 48.6 Å². The van der Waals surface area contributed by atoms with Gasteiger partial charge in [0, 0.05) is 0 Å². The fourth-order valence-electron chi connectivity index (χ4n) is 1.48. The monoisotopic (exact) mass is 519 g/mol. The molecule has 16 heavy (non-hydrogen) atoms. The molecule has 0 saturated carbocycles. The Balaban J connectivity index is 0. The third-order valence-electron chi connectivity index (χ3n) is 2.48. The number of unbranched alkanes of at least 4 members (excludes halogenated alkanes) is 3. The van der Waals surface area contributed by atoms with Gasteiger partial charge >= 0.3 is 49.1 Å². The van der Waals surface area contributed by atoms with Crippen LogP contribution in [0.3, 0.4) is 0 Å². The molecule has 0 atom stereocenters. The molecular formula is C12H27CuI2P. The zero-order valence-corrected chi connectivity index (χ0v) is 17.0. The van der Waals surface area contributed by atoms with Gasteiger partial charge in [-0.15, -0.1) is 7.92 Å². The fraction of sp³-hybridized carbons (Fsp3) is 1.00. The Morgan fingerprint density at radius 1 is 0.750 bits per heavy atom. The molecule has 0 heterocycles. The molecule has 0 aliphatic heterocycles. The Labute approximate surface area is 133 Å². The van der Waals surface area contributed by atoms with Crippen LogP contribution in [0.25, 0.3) is 0 Å². The van der Waals surface area contributed by atoms with Gasteiger partial charge in [0.2, 0.25) is 0 Å². The third kappa shape index (κ3) is 18.8. The molecule has 0 unspecified atom stereocenters. The van der Waals surface area contributed by atoms with Crippen LogP contribution in [0.5, 0.6) is 0 Å². The zero-order chi connectivity index (χ0) is 12.6. The first-order chi connectivity index (χ1) is 7.76. The van der Waals surface area contributed by atoms with Crippen LogP contribution < -0.4 is 0 Å². The molecule has 0 aromatic heterocycles. The molecule has 0 nitrogen and oxygen atoms in total. The molecule has 0 aliphatic carbocycles. The van der Waals surface area contributed by atoms with Gasteiger partial charge in [-0.25, -0.2) is 0 Å². The Morgan fingerprint density at radius 3 is 1.19 bits per heavy atom. The molecule has 0 amide bonds. The molecule has 0 rings (SSSR count). The molecule has 0 aromatic rings. The number of rotatable bonds is 9. The molecule has 0 N–H and O–H groups in total. The molecule has 0 radical (unpaired) electrons. The van der Waals surface area contributed by atoms with E-state index < -0.39 is 0 Å². The van der Waals surface area contributed by atoms with Crippen LogP contribution in [0.4, 0.5) is 0 Å². The second kappa shape index (κ2) is 19.7. The normalized spacial score (nSPS) is 10.4. The molecule has 0 aromatic carbocycles. The van der Waals surface area contributed by atoms with Gasteiger partial charge in [-0.05, 0) is 37.7 Å². The summed E-state index contributed by atoms with van der Waals surface area (Å²) in [6, 6.07) is 0. The predicted molar refractivity (Wildman–Crippen MR) is 94.3 cm³/mol. The minimum absolute atomic E-state index is 0.422. The summed E-state index contributed by atoms with van der Waals surface area (Å²) < 4.78 is 0. The van der Waals surface area contributed by atoms with Crippen LogP contribution in [0.2, 0.25) is 0 Å². The molecule has 105 valence electrons. The van der Waals surface area contributed by atoms with Gasteiger partial charge in [0.1, 0.15) is 0 Å². The Morgan fingerprint density at radius 2 is 1.00 bits per heavy atom. The molecule has 0 spiro atoms. The summed E-state index contributed by atoms with van der Waals surface area (Å²) in [6.07, 6.45) is 13.2. The fourth-order valence-corrected chi connectivity index (χ4v) is 4.44. The molecule has 0 fully saturated rings. The van der Waals surface area contributed by atoms with Crippen LogP contribution in [0, 0.1) is 0 Å². The quantitative estimate of drug-likeness (QED) is 0.182. The van der Waals surface area contributed by atoms with Crippen molar-refractivity contribution in [1.82, 2.24) is 0 Å². The van der Waals surface area contributed by atoms with E-state index in [2.05, 4.69) is 61.5 Å². The molecule has 4 heteroatoms. The van der Waals surface area contributed by atoms with E-state index in [0.29, 0.717) is 7.92 Å². The van der Waals surface area contributed by atoms with Crippen molar-refractivity contribution in [3.8, 4) is 0 Å². The topological polar surface area (TPSA) is 0 Å². The van der Waals surface area contributed by atoms with Crippen molar-refractivity contribution < 1.29 is 8.46 Å². The van der Waals surface area contributed by atoms with E-state index in [4.69, 9.17) is 0 Å². The Hall–Kier alpha value is 2.41. The molecule has 0 aliphatic rings. The van der Waals surface area contributed by atoms with Gasteiger partial charge in [-0.1, -0.05) is 40.0 Å². The first-order valence-corrected chi connectivity index (χ1v) is 14.3. The van der Waals surface area contributed by atoms with Crippen LogP contribution in [0.15, 0.2) is 0 Å². The van der Waals surface area contributed by atoms with E-state index in [9.17, 15) is 0 Å². The van der Waals surface area contributed by atoms with Crippen LogP contribution in [-0.2, 0) is 8.46 Å². The van der Waals surface area contributed by atoms with Gasteiger partial charge in [0.15, 0.2) is 0 Å². The average molecular weight is 520 g/mol. The van der Waals surface area contributed by atoms with Crippen molar-refractivity contribution >= 4 is 48.6 Å². The van der Waals surface area contributed by atoms with Gasteiger partial charge in [-0.2, -0.15) is 0 Å². The second-order valence-corrected chi connectivity index (χ2v) is 14.6. The SMILES string of the molecule is CCCCP(CCCC)CCCC.[I][Cu][I]. The van der Waals surface area contributed by atoms with E-state index in [1.807, 2.05) is 0 Å². The number of hydrogen-bond donors (Lipinski definition) is 0. The first-order valence-electron chi connectivity index (χ1n) is 6.30. The number of halogens is 2. The van der Waals surface area contributed by atoms with Crippen molar-refractivity contribution in [2.24, 2.45) is 0 Å². The van der Waals surface area contributed by atoms with Gasteiger partial charge < -0.3 is 0 Å². The molecular weight excluding hydrogens is 492 g/mol. The summed E-state index contributed by atoms with van der Waals surface area (Å²) >= 11 is 4.36. The van der Waals surface area contributed by atoms with E-state index in [1.54, 1.807) is 26.9 Å². The van der Waals surface area contributed by atoms with E-state index in [-0.39, 0.29) is 0 Å². The summed E-state index contributed by atoms with van der Waals surface area (Å²) in [7, 11) is 2.17. The Kier molecular flexibility index (Phi) is 25.6. The minimum atomic E-state index is 0.422. The van der Waals surface area contributed by atoms with Crippen molar-refractivity contribution in [2.45, 2.75) is 59.3 Å². The van der Waals surface area contributed by atoms with Gasteiger partial charge in [0.05, 0.1) is 0 Å². The second-order valence-electron chi connectivity index (χ2n) is 3.95.